The van der Waals surface area contributed by atoms with Crippen LogP contribution in [0, 0.1) is 5.92 Å². The van der Waals surface area contributed by atoms with Crippen LogP contribution in [0.5, 0.6) is 0 Å². The minimum atomic E-state index is -0.397. The van der Waals surface area contributed by atoms with Crippen LogP contribution in [0.2, 0.25) is 0 Å². The molecule has 0 spiro atoms. The molecule has 0 radical (unpaired) electrons. The number of pyridine rings is 1. The summed E-state index contributed by atoms with van der Waals surface area (Å²) in [5, 5.41) is 19.4. The van der Waals surface area contributed by atoms with Gasteiger partial charge in [-0.25, -0.2) is 0 Å². The first-order valence-electron chi connectivity index (χ1n) is 12.6. The second-order valence-corrected chi connectivity index (χ2v) is 9.68. The Morgan fingerprint density at radius 3 is 2.54 bits per heavy atom. The van der Waals surface area contributed by atoms with Crippen LogP contribution in [0.15, 0.2) is 55.1 Å². The highest BCUT2D eigenvalue weighted by atomic mass is 16.5. The fourth-order valence-corrected chi connectivity index (χ4v) is 4.65. The topological polar surface area (TPSA) is 108 Å². The molecular weight excluding hydrogens is 442 g/mol. The molecule has 0 bridgehead atoms. The highest BCUT2D eigenvalue weighted by molar-refractivity contribution is 5.84. The van der Waals surface area contributed by atoms with Crippen molar-refractivity contribution in [2.45, 2.75) is 70.0 Å². The molecule has 9 heteroatoms. The Balaban J connectivity index is 1.34. The van der Waals surface area contributed by atoms with Crippen molar-refractivity contribution in [3.05, 3.63) is 60.7 Å². The van der Waals surface area contributed by atoms with Crippen LogP contribution in [0.4, 0.5) is 11.8 Å². The van der Waals surface area contributed by atoms with Crippen molar-refractivity contribution in [1.29, 1.82) is 0 Å². The summed E-state index contributed by atoms with van der Waals surface area (Å²) in [5.74, 6) is 2.46. The van der Waals surface area contributed by atoms with Gasteiger partial charge in [-0.3, -0.25) is 10.0 Å². The largest absolute Gasteiger partial charge is 0.358 e. The predicted octanol–water partition coefficient (Wildman–Crippen LogP) is 3.43. The molecule has 1 amide bonds. The standard InChI is InChI=1S/C26H33N7O2/c34-25(27-18-20-10-14-33(35)15-11-20)22(16-19-6-2-1-3-7-19)29-23-17-24(32-12-4-5-13-32)31-26(30-23)28-21-8-9-21/h4-5,10-15,17,19,21-22H,1-3,6-9,16,18H2,(H3-,27,28,29,30,31,34,35)/p+1/t22-/m1/s1. The molecule has 184 valence electrons. The third kappa shape index (κ3) is 6.49. The number of nitrogens with zero attached hydrogens (tertiary/aromatic N) is 4. The van der Waals surface area contributed by atoms with E-state index in [1.807, 2.05) is 35.2 Å². The fourth-order valence-electron chi connectivity index (χ4n) is 4.65. The Labute approximate surface area is 205 Å². The molecule has 4 N–H and O–H groups in total. The highest BCUT2D eigenvalue weighted by Gasteiger charge is 2.26. The van der Waals surface area contributed by atoms with Crippen molar-refractivity contribution >= 4 is 17.7 Å². The number of amides is 1. The van der Waals surface area contributed by atoms with Gasteiger partial charge in [0.25, 0.3) is 0 Å². The van der Waals surface area contributed by atoms with Crippen molar-refractivity contribution < 1.29 is 14.7 Å². The van der Waals surface area contributed by atoms with Gasteiger partial charge >= 0.3 is 0 Å². The first-order valence-corrected chi connectivity index (χ1v) is 12.6. The summed E-state index contributed by atoms with van der Waals surface area (Å²) in [6.45, 7) is 0.398. The van der Waals surface area contributed by atoms with E-state index in [1.54, 1.807) is 24.5 Å². The molecule has 2 fully saturated rings. The van der Waals surface area contributed by atoms with Crippen LogP contribution >= 0.6 is 0 Å². The summed E-state index contributed by atoms with van der Waals surface area (Å²) in [4.78, 5) is 22.7. The Bertz CT molecular complexity index is 1110. The lowest BCUT2D eigenvalue weighted by Crippen LogP contribution is -2.41. The molecule has 2 saturated carbocycles. The molecule has 0 unspecified atom stereocenters. The number of rotatable bonds is 10. The van der Waals surface area contributed by atoms with Gasteiger partial charge in [0.15, 0.2) is 0 Å². The lowest BCUT2D eigenvalue weighted by molar-refractivity contribution is -0.904. The maximum atomic E-state index is 13.4. The first-order chi connectivity index (χ1) is 17.1. The highest BCUT2D eigenvalue weighted by Crippen LogP contribution is 2.29. The van der Waals surface area contributed by atoms with Gasteiger partial charge in [-0.1, -0.05) is 32.1 Å². The zero-order chi connectivity index (χ0) is 24.0. The van der Waals surface area contributed by atoms with E-state index in [2.05, 4.69) is 20.9 Å². The summed E-state index contributed by atoms with van der Waals surface area (Å²) < 4.78 is 2.94. The number of anilines is 2. The minimum Gasteiger partial charge on any atom is -0.358 e. The lowest BCUT2D eigenvalue weighted by atomic mass is 9.84. The van der Waals surface area contributed by atoms with Gasteiger partial charge in [0.05, 0.1) is 0 Å². The molecule has 2 aliphatic carbocycles. The van der Waals surface area contributed by atoms with Crippen LogP contribution in [0.1, 0.15) is 56.9 Å². The summed E-state index contributed by atoms with van der Waals surface area (Å²) in [5.41, 5.74) is 0.924. The zero-order valence-electron chi connectivity index (χ0n) is 19.9. The second kappa shape index (κ2) is 10.8. The van der Waals surface area contributed by atoms with Crippen molar-refractivity contribution in [1.82, 2.24) is 19.9 Å². The van der Waals surface area contributed by atoms with Gasteiger partial charge in [-0.05, 0) is 42.9 Å². The van der Waals surface area contributed by atoms with Crippen LogP contribution in [0.3, 0.4) is 0 Å². The van der Waals surface area contributed by atoms with E-state index in [0.29, 0.717) is 30.3 Å². The van der Waals surface area contributed by atoms with Crippen molar-refractivity contribution in [2.75, 3.05) is 10.6 Å². The number of hydrogen-bond donors (Lipinski definition) is 4. The summed E-state index contributed by atoms with van der Waals surface area (Å²) in [6.07, 6.45) is 16.1. The molecule has 0 saturated heterocycles. The first kappa shape index (κ1) is 23.1. The number of carbonyl (C=O) groups is 1. The Morgan fingerprint density at radius 1 is 1.09 bits per heavy atom. The van der Waals surface area contributed by atoms with Gasteiger partial charge in [0, 0.05) is 47.9 Å². The second-order valence-electron chi connectivity index (χ2n) is 9.68. The molecule has 3 aromatic rings. The SMILES string of the molecule is O=C(NCc1cc[n+](O)cc1)[C@@H](CC1CCCCC1)Nc1cc(-n2cccc2)nc(NC2CC2)n1. The van der Waals surface area contributed by atoms with E-state index in [4.69, 9.17) is 4.98 Å². The summed E-state index contributed by atoms with van der Waals surface area (Å²) >= 11 is 0. The zero-order valence-corrected chi connectivity index (χ0v) is 19.9. The van der Waals surface area contributed by atoms with E-state index in [0.717, 1.165) is 48.2 Å². The molecule has 3 aromatic heterocycles. The average Bonchev–Trinajstić information content (AvgIpc) is 3.50. The molecule has 35 heavy (non-hydrogen) atoms. The molecule has 1 atom stereocenters. The Morgan fingerprint density at radius 2 is 1.83 bits per heavy atom. The van der Waals surface area contributed by atoms with Crippen molar-refractivity contribution in [3.8, 4) is 5.82 Å². The maximum absolute atomic E-state index is 13.4. The number of aromatic nitrogens is 4. The van der Waals surface area contributed by atoms with E-state index in [-0.39, 0.29) is 5.91 Å². The quantitative estimate of drug-likeness (QED) is 0.264. The number of hydrogen-bond acceptors (Lipinski definition) is 6. The lowest BCUT2D eigenvalue weighted by Gasteiger charge is -2.27. The molecule has 9 nitrogen and oxygen atoms in total. The van der Waals surface area contributed by atoms with E-state index >= 15 is 0 Å². The molecule has 3 heterocycles. The number of carbonyl (C=O) groups excluding carboxylic acids is 1. The Hall–Kier alpha value is -3.62. The van der Waals surface area contributed by atoms with Gasteiger partial charge in [-0.2, -0.15) is 9.97 Å². The number of nitrogens with one attached hydrogen (secondary N) is 3. The third-order valence-corrected chi connectivity index (χ3v) is 6.77. The molecular formula is C26H34N7O2+. The third-order valence-electron chi connectivity index (χ3n) is 6.77. The molecule has 0 aromatic carbocycles. The maximum Gasteiger partial charge on any atom is 0.242 e. The van der Waals surface area contributed by atoms with Gasteiger partial charge in [0.2, 0.25) is 24.2 Å². The minimum absolute atomic E-state index is 0.0471. The van der Waals surface area contributed by atoms with Crippen LogP contribution in [0.25, 0.3) is 5.82 Å². The van der Waals surface area contributed by atoms with Gasteiger partial charge in [-0.15, -0.1) is 0 Å². The average molecular weight is 477 g/mol. The smallest absolute Gasteiger partial charge is 0.242 e. The van der Waals surface area contributed by atoms with Crippen LogP contribution in [-0.4, -0.2) is 37.7 Å². The van der Waals surface area contributed by atoms with Gasteiger partial charge < -0.3 is 20.5 Å². The van der Waals surface area contributed by atoms with Crippen LogP contribution in [-0.2, 0) is 11.3 Å². The Kier molecular flexibility index (Phi) is 7.11. The van der Waals surface area contributed by atoms with E-state index in [1.165, 1.54) is 19.3 Å². The molecule has 5 rings (SSSR count). The monoisotopic (exact) mass is 476 g/mol. The predicted molar refractivity (Wildman–Crippen MR) is 132 cm³/mol. The van der Waals surface area contributed by atoms with E-state index in [9.17, 15) is 10.0 Å². The van der Waals surface area contributed by atoms with Crippen molar-refractivity contribution in [3.63, 3.8) is 0 Å². The molecule has 0 aliphatic heterocycles. The van der Waals surface area contributed by atoms with E-state index < -0.39 is 6.04 Å². The fraction of sp³-hybridized carbons (Fsp3) is 0.462. The summed E-state index contributed by atoms with van der Waals surface area (Å²) in [6, 6.07) is 9.42. The van der Waals surface area contributed by atoms with Gasteiger partial charge in [0.1, 0.15) is 17.7 Å². The normalized spacial score (nSPS) is 17.0. The summed E-state index contributed by atoms with van der Waals surface area (Å²) in [7, 11) is 0. The van der Waals surface area contributed by atoms with Crippen LogP contribution < -0.4 is 20.7 Å². The van der Waals surface area contributed by atoms with Crippen molar-refractivity contribution in [2.24, 2.45) is 5.92 Å². The molecule has 2 aliphatic rings.